The maximum Gasteiger partial charge on any atom is 0.339 e. The van der Waals surface area contributed by atoms with Gasteiger partial charge in [-0.2, -0.15) is 0 Å². The van der Waals surface area contributed by atoms with E-state index in [1.807, 2.05) is 19.9 Å². The SMILES string of the molecule is C=C(C)[C@@H]1CCC(C)=CC1c1c(O)cc(CCCCCCCC)c(C(=O)O)c1O. The van der Waals surface area contributed by atoms with Crippen molar-refractivity contribution in [2.75, 3.05) is 0 Å². The van der Waals surface area contributed by atoms with Gasteiger partial charge in [-0.1, -0.05) is 62.8 Å². The van der Waals surface area contributed by atoms with E-state index in [4.69, 9.17) is 0 Å². The molecule has 1 aromatic carbocycles. The fraction of sp³-hybridized carbons (Fsp3) is 0.560. The Hall–Kier alpha value is -2.23. The number of allylic oxidation sites excluding steroid dienone is 3. The first kappa shape index (κ1) is 23.1. The van der Waals surface area contributed by atoms with Gasteiger partial charge in [0.2, 0.25) is 0 Å². The van der Waals surface area contributed by atoms with Crippen LogP contribution in [-0.2, 0) is 6.42 Å². The highest BCUT2D eigenvalue weighted by Crippen LogP contribution is 2.48. The number of aromatic carboxylic acids is 1. The molecule has 160 valence electrons. The first-order chi connectivity index (χ1) is 13.8. The van der Waals surface area contributed by atoms with Crippen LogP contribution in [0.2, 0.25) is 0 Å². The van der Waals surface area contributed by atoms with E-state index in [-0.39, 0.29) is 28.9 Å². The van der Waals surface area contributed by atoms with Gasteiger partial charge in [0.15, 0.2) is 0 Å². The van der Waals surface area contributed by atoms with E-state index < -0.39 is 5.97 Å². The smallest absolute Gasteiger partial charge is 0.339 e. The molecule has 0 radical (unpaired) electrons. The summed E-state index contributed by atoms with van der Waals surface area (Å²) in [4.78, 5) is 12.0. The van der Waals surface area contributed by atoms with Gasteiger partial charge in [-0.3, -0.25) is 0 Å². The van der Waals surface area contributed by atoms with Crippen LogP contribution in [0.4, 0.5) is 0 Å². The van der Waals surface area contributed by atoms with Crippen LogP contribution in [0.5, 0.6) is 11.5 Å². The summed E-state index contributed by atoms with van der Waals surface area (Å²) in [5.74, 6) is -1.64. The summed E-state index contributed by atoms with van der Waals surface area (Å²) < 4.78 is 0. The van der Waals surface area contributed by atoms with Gasteiger partial charge in [-0.05, 0) is 57.1 Å². The predicted octanol–water partition coefficient (Wildman–Crippen LogP) is 6.72. The Balaban J connectivity index is 2.36. The van der Waals surface area contributed by atoms with Crippen LogP contribution in [-0.4, -0.2) is 21.3 Å². The minimum Gasteiger partial charge on any atom is -0.507 e. The fourth-order valence-corrected chi connectivity index (χ4v) is 4.49. The highest BCUT2D eigenvalue weighted by atomic mass is 16.4. The first-order valence-corrected chi connectivity index (χ1v) is 10.9. The quantitative estimate of drug-likeness (QED) is 0.301. The third-order valence-corrected chi connectivity index (χ3v) is 6.13. The molecular formula is C25H36O4. The highest BCUT2D eigenvalue weighted by Gasteiger charge is 2.32. The van der Waals surface area contributed by atoms with Crippen molar-refractivity contribution in [2.45, 2.75) is 84.5 Å². The number of hydrogen-bond donors (Lipinski definition) is 3. The number of unbranched alkanes of at least 4 members (excludes halogenated alkanes) is 5. The van der Waals surface area contributed by atoms with Crippen LogP contribution < -0.4 is 0 Å². The van der Waals surface area contributed by atoms with Crippen molar-refractivity contribution in [2.24, 2.45) is 5.92 Å². The second kappa shape index (κ2) is 10.5. The molecule has 4 heteroatoms. The standard InChI is InChI=1S/C25H36O4/c1-5-6-7-8-9-10-11-18-15-21(26)23(24(27)22(18)25(28)29)20-14-17(4)12-13-19(20)16(2)3/h14-15,19-20,26-27H,2,5-13H2,1,3-4H3,(H,28,29)/t19-,20?/m0/s1. The molecule has 0 aliphatic heterocycles. The Morgan fingerprint density at radius 1 is 1.17 bits per heavy atom. The second-order valence-corrected chi connectivity index (χ2v) is 8.55. The summed E-state index contributed by atoms with van der Waals surface area (Å²) in [5.41, 5.74) is 2.92. The predicted molar refractivity (Wildman–Crippen MR) is 118 cm³/mol. The van der Waals surface area contributed by atoms with Gasteiger partial charge in [0.25, 0.3) is 0 Å². The zero-order chi connectivity index (χ0) is 21.6. The van der Waals surface area contributed by atoms with E-state index >= 15 is 0 Å². The van der Waals surface area contributed by atoms with E-state index in [0.717, 1.165) is 37.7 Å². The van der Waals surface area contributed by atoms with Gasteiger partial charge in [-0.25, -0.2) is 4.79 Å². The second-order valence-electron chi connectivity index (χ2n) is 8.55. The Labute approximate surface area is 175 Å². The number of carboxylic acid groups (broad SMARTS) is 1. The maximum absolute atomic E-state index is 12.0. The molecule has 0 amide bonds. The van der Waals surface area contributed by atoms with Crippen LogP contribution in [0.1, 0.15) is 99.5 Å². The molecule has 1 aliphatic rings. The maximum atomic E-state index is 12.0. The van der Waals surface area contributed by atoms with E-state index in [0.29, 0.717) is 17.5 Å². The van der Waals surface area contributed by atoms with Gasteiger partial charge < -0.3 is 15.3 Å². The zero-order valence-electron chi connectivity index (χ0n) is 18.1. The van der Waals surface area contributed by atoms with Gasteiger partial charge in [0, 0.05) is 11.5 Å². The number of phenolic OH excluding ortho intramolecular Hbond substituents is 1. The Kier molecular flexibility index (Phi) is 8.36. The van der Waals surface area contributed by atoms with Crippen molar-refractivity contribution in [1.29, 1.82) is 0 Å². The molecule has 0 aromatic heterocycles. The third kappa shape index (κ3) is 5.65. The fourth-order valence-electron chi connectivity index (χ4n) is 4.49. The van der Waals surface area contributed by atoms with Crippen LogP contribution >= 0.6 is 0 Å². The zero-order valence-corrected chi connectivity index (χ0v) is 18.1. The lowest BCUT2D eigenvalue weighted by atomic mass is 9.73. The number of benzene rings is 1. The first-order valence-electron chi connectivity index (χ1n) is 10.9. The van der Waals surface area contributed by atoms with Crippen molar-refractivity contribution < 1.29 is 20.1 Å². The average molecular weight is 401 g/mol. The molecule has 29 heavy (non-hydrogen) atoms. The van der Waals surface area contributed by atoms with Gasteiger partial charge >= 0.3 is 5.97 Å². The molecule has 0 bridgehead atoms. The van der Waals surface area contributed by atoms with Crippen LogP contribution in [0.3, 0.4) is 0 Å². The summed E-state index contributed by atoms with van der Waals surface area (Å²) in [7, 11) is 0. The molecular weight excluding hydrogens is 364 g/mol. The number of rotatable bonds is 10. The molecule has 3 N–H and O–H groups in total. The minimum atomic E-state index is -1.15. The number of aryl methyl sites for hydroxylation is 1. The van der Waals surface area contributed by atoms with E-state index in [1.54, 1.807) is 6.07 Å². The third-order valence-electron chi connectivity index (χ3n) is 6.13. The van der Waals surface area contributed by atoms with E-state index in [2.05, 4.69) is 13.5 Å². The highest BCUT2D eigenvalue weighted by molar-refractivity contribution is 5.94. The van der Waals surface area contributed by atoms with Crippen molar-refractivity contribution >= 4 is 5.97 Å². The molecule has 0 saturated carbocycles. The largest absolute Gasteiger partial charge is 0.507 e. The molecule has 4 nitrogen and oxygen atoms in total. The monoisotopic (exact) mass is 400 g/mol. The number of carboxylic acids is 1. The van der Waals surface area contributed by atoms with Crippen LogP contribution in [0, 0.1) is 5.92 Å². The van der Waals surface area contributed by atoms with E-state index in [9.17, 15) is 20.1 Å². The van der Waals surface area contributed by atoms with Crippen molar-refractivity contribution in [3.8, 4) is 11.5 Å². The van der Waals surface area contributed by atoms with Gasteiger partial charge in [0.1, 0.15) is 17.1 Å². The Bertz CT molecular complexity index is 776. The molecule has 1 unspecified atom stereocenters. The molecule has 1 aromatic rings. The Morgan fingerprint density at radius 2 is 1.83 bits per heavy atom. The molecule has 1 aliphatic carbocycles. The normalized spacial score (nSPS) is 19.1. The molecule has 2 rings (SSSR count). The summed E-state index contributed by atoms with van der Waals surface area (Å²) in [6.07, 6.45) is 11.0. The lowest BCUT2D eigenvalue weighted by Crippen LogP contribution is -2.18. The van der Waals surface area contributed by atoms with Crippen molar-refractivity contribution in [3.63, 3.8) is 0 Å². The number of aromatic hydroxyl groups is 2. The molecule has 0 fully saturated rings. The van der Waals surface area contributed by atoms with Crippen molar-refractivity contribution in [3.05, 3.63) is 46.6 Å². The average Bonchev–Trinajstić information content (AvgIpc) is 2.63. The lowest BCUT2D eigenvalue weighted by Gasteiger charge is -2.32. The molecule has 0 spiro atoms. The topological polar surface area (TPSA) is 77.8 Å². The minimum absolute atomic E-state index is 0.0179. The molecule has 2 atom stereocenters. The van der Waals surface area contributed by atoms with Crippen molar-refractivity contribution in [1.82, 2.24) is 0 Å². The van der Waals surface area contributed by atoms with Crippen LogP contribution in [0.25, 0.3) is 0 Å². The summed E-state index contributed by atoms with van der Waals surface area (Å²) >= 11 is 0. The van der Waals surface area contributed by atoms with Crippen LogP contribution in [0.15, 0.2) is 29.9 Å². The number of phenols is 2. The Morgan fingerprint density at radius 3 is 2.45 bits per heavy atom. The summed E-state index contributed by atoms with van der Waals surface area (Å²) in [5, 5.41) is 31.5. The lowest BCUT2D eigenvalue weighted by molar-refractivity contribution is 0.0692. The summed E-state index contributed by atoms with van der Waals surface area (Å²) in [6.45, 7) is 10.2. The number of hydrogen-bond acceptors (Lipinski definition) is 3. The van der Waals surface area contributed by atoms with Gasteiger partial charge in [-0.15, -0.1) is 0 Å². The molecule has 0 saturated heterocycles. The number of carbonyl (C=O) groups is 1. The summed E-state index contributed by atoms with van der Waals surface area (Å²) in [6, 6.07) is 1.55. The van der Waals surface area contributed by atoms with E-state index in [1.165, 1.54) is 24.8 Å². The van der Waals surface area contributed by atoms with Gasteiger partial charge in [0.05, 0.1) is 0 Å². The molecule has 0 heterocycles.